The van der Waals surface area contributed by atoms with Gasteiger partial charge in [0.1, 0.15) is 6.61 Å². The van der Waals surface area contributed by atoms with Crippen LogP contribution < -0.4 is 9.47 Å². The zero-order chi connectivity index (χ0) is 14.4. The van der Waals surface area contributed by atoms with Crippen LogP contribution in [0.5, 0.6) is 11.5 Å². The number of halogens is 1. The Kier molecular flexibility index (Phi) is 4.85. The standard InChI is InChI=1S/C15H14ClNO3/c1-19-14-8-12(9-17-18)7-13(16)15(14)20-10-11-5-3-2-4-6-11/h2-9,18H,10H2,1H3/b17-9+. The summed E-state index contributed by atoms with van der Waals surface area (Å²) in [4.78, 5) is 0. The van der Waals surface area contributed by atoms with Crippen molar-refractivity contribution in [2.45, 2.75) is 6.61 Å². The summed E-state index contributed by atoms with van der Waals surface area (Å²) in [6.45, 7) is 0.393. The summed E-state index contributed by atoms with van der Waals surface area (Å²) in [5, 5.41) is 11.9. The summed E-state index contributed by atoms with van der Waals surface area (Å²) in [6, 6.07) is 13.1. The molecule has 0 unspecified atom stereocenters. The SMILES string of the molecule is COc1cc(/C=N/O)cc(Cl)c1OCc1ccccc1. The van der Waals surface area contributed by atoms with Crippen LogP contribution in [0.2, 0.25) is 5.02 Å². The molecule has 0 amide bonds. The van der Waals surface area contributed by atoms with E-state index in [2.05, 4.69) is 5.16 Å². The van der Waals surface area contributed by atoms with Crippen molar-refractivity contribution < 1.29 is 14.7 Å². The molecule has 0 atom stereocenters. The van der Waals surface area contributed by atoms with Crippen molar-refractivity contribution in [2.75, 3.05) is 7.11 Å². The molecular formula is C15H14ClNO3. The summed E-state index contributed by atoms with van der Waals surface area (Å²) in [7, 11) is 1.53. The Morgan fingerprint density at radius 1 is 1.25 bits per heavy atom. The number of rotatable bonds is 5. The quantitative estimate of drug-likeness (QED) is 0.519. The van der Waals surface area contributed by atoms with Gasteiger partial charge in [-0.05, 0) is 17.7 Å². The third-order valence-corrected chi connectivity index (χ3v) is 2.97. The van der Waals surface area contributed by atoms with Gasteiger partial charge in [0.25, 0.3) is 0 Å². The second kappa shape index (κ2) is 6.82. The first-order valence-electron chi connectivity index (χ1n) is 5.96. The fraction of sp³-hybridized carbons (Fsp3) is 0.133. The molecule has 0 radical (unpaired) electrons. The van der Waals surface area contributed by atoms with E-state index in [0.717, 1.165) is 5.56 Å². The van der Waals surface area contributed by atoms with E-state index in [9.17, 15) is 0 Å². The van der Waals surface area contributed by atoms with Crippen LogP contribution in [0.3, 0.4) is 0 Å². The molecule has 0 saturated heterocycles. The molecule has 20 heavy (non-hydrogen) atoms. The van der Waals surface area contributed by atoms with Crippen LogP contribution in [-0.4, -0.2) is 18.5 Å². The van der Waals surface area contributed by atoms with E-state index in [1.54, 1.807) is 12.1 Å². The molecule has 4 nitrogen and oxygen atoms in total. The van der Waals surface area contributed by atoms with Gasteiger partial charge in [-0.15, -0.1) is 0 Å². The summed E-state index contributed by atoms with van der Waals surface area (Å²) in [5.74, 6) is 0.955. The maximum Gasteiger partial charge on any atom is 0.180 e. The Morgan fingerprint density at radius 2 is 2.00 bits per heavy atom. The smallest absolute Gasteiger partial charge is 0.180 e. The van der Waals surface area contributed by atoms with Gasteiger partial charge in [0.05, 0.1) is 18.3 Å². The molecule has 2 aromatic rings. The molecule has 1 N–H and O–H groups in total. The molecule has 0 spiro atoms. The summed E-state index contributed by atoms with van der Waals surface area (Å²) < 4.78 is 11.0. The summed E-state index contributed by atoms with van der Waals surface area (Å²) >= 11 is 6.17. The lowest BCUT2D eigenvalue weighted by Crippen LogP contribution is -1.99. The maximum absolute atomic E-state index is 8.55. The number of ether oxygens (including phenoxy) is 2. The van der Waals surface area contributed by atoms with Crippen LogP contribution in [0, 0.1) is 0 Å². The maximum atomic E-state index is 8.55. The van der Waals surface area contributed by atoms with Gasteiger partial charge in [0, 0.05) is 5.56 Å². The van der Waals surface area contributed by atoms with Crippen molar-refractivity contribution in [3.63, 3.8) is 0 Å². The lowest BCUT2D eigenvalue weighted by molar-refractivity contribution is 0.284. The van der Waals surface area contributed by atoms with Crippen molar-refractivity contribution >= 4 is 17.8 Å². The fourth-order valence-corrected chi connectivity index (χ4v) is 2.02. The highest BCUT2D eigenvalue weighted by Gasteiger charge is 2.11. The lowest BCUT2D eigenvalue weighted by atomic mass is 10.2. The Balaban J connectivity index is 2.22. The number of hydrogen-bond donors (Lipinski definition) is 1. The molecule has 0 aliphatic carbocycles. The molecule has 0 fully saturated rings. The topological polar surface area (TPSA) is 51.0 Å². The van der Waals surface area contributed by atoms with Crippen molar-refractivity contribution in [3.8, 4) is 11.5 Å². The minimum Gasteiger partial charge on any atom is -0.493 e. The highest BCUT2D eigenvalue weighted by molar-refractivity contribution is 6.32. The van der Waals surface area contributed by atoms with Gasteiger partial charge in [-0.2, -0.15) is 0 Å². The predicted octanol–water partition coefficient (Wildman–Crippen LogP) is 3.74. The summed E-state index contributed by atoms with van der Waals surface area (Å²) in [5.41, 5.74) is 1.66. The Labute approximate surface area is 122 Å². The van der Waals surface area contributed by atoms with Crippen LogP contribution in [0.4, 0.5) is 0 Å². The van der Waals surface area contributed by atoms with Gasteiger partial charge in [-0.1, -0.05) is 47.1 Å². The van der Waals surface area contributed by atoms with Gasteiger partial charge >= 0.3 is 0 Å². The first-order chi connectivity index (χ1) is 9.74. The van der Waals surface area contributed by atoms with Gasteiger partial charge in [-0.25, -0.2) is 0 Å². The first-order valence-corrected chi connectivity index (χ1v) is 6.34. The van der Waals surface area contributed by atoms with E-state index in [1.165, 1.54) is 13.3 Å². The van der Waals surface area contributed by atoms with Crippen molar-refractivity contribution in [3.05, 3.63) is 58.6 Å². The minimum atomic E-state index is 0.393. The zero-order valence-electron chi connectivity index (χ0n) is 10.9. The van der Waals surface area contributed by atoms with Crippen LogP contribution in [0.1, 0.15) is 11.1 Å². The predicted molar refractivity (Wildman–Crippen MR) is 78.2 cm³/mol. The number of methoxy groups -OCH3 is 1. The van der Waals surface area contributed by atoms with Crippen LogP contribution in [0.25, 0.3) is 0 Å². The molecule has 0 saturated carbocycles. The Hall–Kier alpha value is -2.20. The zero-order valence-corrected chi connectivity index (χ0v) is 11.7. The number of hydrogen-bond acceptors (Lipinski definition) is 4. The molecule has 2 rings (SSSR count). The van der Waals surface area contributed by atoms with E-state index in [0.29, 0.717) is 28.7 Å². The molecule has 0 aromatic heterocycles. The third-order valence-electron chi connectivity index (χ3n) is 2.68. The molecule has 0 aliphatic rings. The van der Waals surface area contributed by atoms with Crippen molar-refractivity contribution in [1.29, 1.82) is 0 Å². The molecule has 5 heteroatoms. The van der Waals surface area contributed by atoms with Crippen LogP contribution in [0.15, 0.2) is 47.6 Å². The second-order valence-electron chi connectivity index (χ2n) is 4.05. The van der Waals surface area contributed by atoms with E-state index in [4.69, 9.17) is 26.3 Å². The van der Waals surface area contributed by atoms with Gasteiger partial charge in [-0.3, -0.25) is 0 Å². The largest absolute Gasteiger partial charge is 0.493 e. The second-order valence-corrected chi connectivity index (χ2v) is 4.46. The molecule has 2 aromatic carbocycles. The number of nitrogens with zero attached hydrogens (tertiary/aromatic N) is 1. The monoisotopic (exact) mass is 291 g/mol. The molecule has 0 heterocycles. The number of oxime groups is 1. The number of benzene rings is 2. The molecule has 104 valence electrons. The van der Waals surface area contributed by atoms with E-state index in [1.807, 2.05) is 30.3 Å². The van der Waals surface area contributed by atoms with Crippen molar-refractivity contribution in [1.82, 2.24) is 0 Å². The van der Waals surface area contributed by atoms with Crippen LogP contribution in [-0.2, 0) is 6.61 Å². The minimum absolute atomic E-state index is 0.393. The Morgan fingerprint density at radius 3 is 2.65 bits per heavy atom. The summed E-state index contributed by atoms with van der Waals surface area (Å²) in [6.07, 6.45) is 1.27. The van der Waals surface area contributed by atoms with Gasteiger partial charge in [0.15, 0.2) is 11.5 Å². The lowest BCUT2D eigenvalue weighted by Gasteiger charge is -2.13. The van der Waals surface area contributed by atoms with E-state index >= 15 is 0 Å². The van der Waals surface area contributed by atoms with Crippen molar-refractivity contribution in [2.24, 2.45) is 5.16 Å². The molecule has 0 bridgehead atoms. The van der Waals surface area contributed by atoms with E-state index < -0.39 is 0 Å². The first kappa shape index (κ1) is 14.2. The average Bonchev–Trinajstić information content (AvgIpc) is 2.47. The van der Waals surface area contributed by atoms with Crippen LogP contribution >= 0.6 is 11.6 Å². The van der Waals surface area contributed by atoms with Gasteiger partial charge in [0.2, 0.25) is 0 Å². The Bertz CT molecular complexity index is 600. The van der Waals surface area contributed by atoms with E-state index in [-0.39, 0.29) is 0 Å². The van der Waals surface area contributed by atoms with Gasteiger partial charge < -0.3 is 14.7 Å². The average molecular weight is 292 g/mol. The normalized spacial score (nSPS) is 10.7. The fourth-order valence-electron chi connectivity index (χ4n) is 1.75. The molecule has 0 aliphatic heterocycles. The third kappa shape index (κ3) is 3.42. The highest BCUT2D eigenvalue weighted by Crippen LogP contribution is 2.36. The highest BCUT2D eigenvalue weighted by atomic mass is 35.5. The molecular weight excluding hydrogens is 278 g/mol.